The summed E-state index contributed by atoms with van der Waals surface area (Å²) in [5.41, 5.74) is 2.57. The van der Waals surface area contributed by atoms with Gasteiger partial charge in [0.15, 0.2) is 0 Å². The summed E-state index contributed by atoms with van der Waals surface area (Å²) in [6.07, 6.45) is 0. The minimum absolute atomic E-state index is 0.159. The molecule has 0 aliphatic heterocycles. The Kier molecular flexibility index (Phi) is 6.71. The number of carbonyl (C=O) groups is 2. The molecule has 0 unspecified atom stereocenters. The molecule has 0 aromatic heterocycles. The van der Waals surface area contributed by atoms with Crippen molar-refractivity contribution in [2.75, 3.05) is 16.6 Å². The van der Waals surface area contributed by atoms with Crippen LogP contribution in [-0.2, 0) is 14.8 Å². The van der Waals surface area contributed by atoms with E-state index in [1.165, 1.54) is 36.4 Å². The summed E-state index contributed by atoms with van der Waals surface area (Å²) in [5, 5.41) is 2.73. The van der Waals surface area contributed by atoms with Crippen LogP contribution in [-0.4, -0.2) is 26.9 Å². The highest BCUT2D eigenvalue weighted by Crippen LogP contribution is 2.18. The Balaban J connectivity index is 1.65. The predicted molar refractivity (Wildman–Crippen MR) is 119 cm³/mol. The number of sulfonamides is 1. The lowest BCUT2D eigenvalue weighted by atomic mass is 10.1. The fraction of sp³-hybridized carbons (Fsp3) is 0.130. The van der Waals surface area contributed by atoms with E-state index in [1.54, 1.807) is 43.3 Å². The molecular formula is C23H22N2O5S. The van der Waals surface area contributed by atoms with Crippen molar-refractivity contribution in [2.45, 2.75) is 18.7 Å². The third kappa shape index (κ3) is 5.70. The zero-order valence-corrected chi connectivity index (χ0v) is 17.9. The van der Waals surface area contributed by atoms with E-state index in [2.05, 4.69) is 10.0 Å². The topological polar surface area (TPSA) is 102 Å². The van der Waals surface area contributed by atoms with Gasteiger partial charge in [-0.25, -0.2) is 13.2 Å². The van der Waals surface area contributed by atoms with Gasteiger partial charge >= 0.3 is 5.97 Å². The van der Waals surface area contributed by atoms with Gasteiger partial charge in [-0.15, -0.1) is 0 Å². The van der Waals surface area contributed by atoms with Gasteiger partial charge < -0.3 is 10.1 Å². The maximum Gasteiger partial charge on any atom is 0.338 e. The second-order valence-electron chi connectivity index (χ2n) is 6.75. The monoisotopic (exact) mass is 438 g/mol. The summed E-state index contributed by atoms with van der Waals surface area (Å²) >= 11 is 0. The van der Waals surface area contributed by atoms with Crippen LogP contribution in [0.25, 0.3) is 0 Å². The molecule has 0 fully saturated rings. The number of hydrogen-bond donors (Lipinski definition) is 2. The lowest BCUT2D eigenvalue weighted by Crippen LogP contribution is -2.14. The Morgan fingerprint density at radius 1 is 0.806 bits per heavy atom. The fourth-order valence-corrected chi connectivity index (χ4v) is 3.79. The third-order valence-corrected chi connectivity index (χ3v) is 5.78. The van der Waals surface area contributed by atoms with Gasteiger partial charge in [0.2, 0.25) is 0 Å². The summed E-state index contributed by atoms with van der Waals surface area (Å²) in [4.78, 5) is 24.3. The number of carbonyl (C=O) groups excluding carboxylic acids is 2. The Morgan fingerprint density at radius 3 is 1.94 bits per heavy atom. The molecule has 0 saturated heterocycles. The van der Waals surface area contributed by atoms with Crippen LogP contribution in [0.4, 0.5) is 11.4 Å². The Labute approximate surface area is 181 Å². The van der Waals surface area contributed by atoms with Crippen molar-refractivity contribution >= 4 is 33.3 Å². The zero-order valence-electron chi connectivity index (χ0n) is 17.1. The molecule has 0 aliphatic rings. The smallest absolute Gasteiger partial charge is 0.338 e. The van der Waals surface area contributed by atoms with E-state index in [0.717, 1.165) is 5.56 Å². The third-order valence-electron chi connectivity index (χ3n) is 4.38. The SMILES string of the molecule is CCOC(=O)c1ccc(NC(=O)c2ccc(NS(=O)(=O)c3ccc(C)cc3)cc2)cc1. The maximum absolute atomic E-state index is 12.5. The molecular weight excluding hydrogens is 416 g/mol. The standard InChI is InChI=1S/C23H22N2O5S/c1-3-30-23(27)18-8-10-19(11-9-18)24-22(26)17-6-12-20(13-7-17)25-31(28,29)21-14-4-16(2)5-15-21/h4-15,25H,3H2,1-2H3,(H,24,26). The van der Waals surface area contributed by atoms with Gasteiger partial charge in [-0.1, -0.05) is 17.7 Å². The van der Waals surface area contributed by atoms with Crippen molar-refractivity contribution in [3.63, 3.8) is 0 Å². The number of esters is 1. The predicted octanol–water partition coefficient (Wildman–Crippen LogP) is 4.22. The molecule has 0 bridgehead atoms. The normalized spacial score (nSPS) is 10.9. The number of nitrogens with one attached hydrogen (secondary N) is 2. The Morgan fingerprint density at radius 2 is 1.35 bits per heavy atom. The number of ether oxygens (including phenoxy) is 1. The molecule has 0 radical (unpaired) electrons. The van der Waals surface area contributed by atoms with E-state index in [4.69, 9.17) is 4.74 Å². The first-order valence-electron chi connectivity index (χ1n) is 9.56. The highest BCUT2D eigenvalue weighted by molar-refractivity contribution is 7.92. The number of aryl methyl sites for hydroxylation is 1. The average molecular weight is 439 g/mol. The van der Waals surface area contributed by atoms with Crippen LogP contribution in [0.15, 0.2) is 77.7 Å². The lowest BCUT2D eigenvalue weighted by molar-refractivity contribution is 0.0526. The summed E-state index contributed by atoms with van der Waals surface area (Å²) in [5.74, 6) is -0.791. The molecule has 0 atom stereocenters. The minimum atomic E-state index is -3.72. The molecule has 0 heterocycles. The second-order valence-corrected chi connectivity index (χ2v) is 8.43. The van der Waals surface area contributed by atoms with Gasteiger partial charge in [0.25, 0.3) is 15.9 Å². The number of benzene rings is 3. The zero-order chi connectivity index (χ0) is 22.4. The van der Waals surface area contributed by atoms with E-state index >= 15 is 0 Å². The number of anilines is 2. The van der Waals surface area contributed by atoms with Gasteiger partial charge in [-0.05, 0) is 74.5 Å². The van der Waals surface area contributed by atoms with Crippen molar-refractivity contribution in [3.05, 3.63) is 89.5 Å². The summed E-state index contributed by atoms with van der Waals surface area (Å²) in [7, 11) is -3.72. The summed E-state index contributed by atoms with van der Waals surface area (Å²) < 4.78 is 32.3. The van der Waals surface area contributed by atoms with E-state index in [-0.39, 0.29) is 17.4 Å². The van der Waals surface area contributed by atoms with Crippen LogP contribution >= 0.6 is 0 Å². The van der Waals surface area contributed by atoms with E-state index in [0.29, 0.717) is 22.5 Å². The molecule has 0 saturated carbocycles. The van der Waals surface area contributed by atoms with Gasteiger partial charge in [0, 0.05) is 16.9 Å². The lowest BCUT2D eigenvalue weighted by Gasteiger charge is -2.10. The molecule has 2 N–H and O–H groups in total. The molecule has 3 aromatic carbocycles. The minimum Gasteiger partial charge on any atom is -0.462 e. The van der Waals surface area contributed by atoms with E-state index in [1.807, 2.05) is 6.92 Å². The van der Waals surface area contributed by atoms with Crippen LogP contribution in [0.3, 0.4) is 0 Å². The molecule has 0 spiro atoms. The quantitative estimate of drug-likeness (QED) is 0.538. The number of rotatable bonds is 7. The van der Waals surface area contributed by atoms with Gasteiger partial charge in [0.05, 0.1) is 17.1 Å². The maximum atomic E-state index is 12.5. The molecule has 3 rings (SSSR count). The molecule has 3 aromatic rings. The molecule has 0 aliphatic carbocycles. The van der Waals surface area contributed by atoms with Gasteiger partial charge in [-0.2, -0.15) is 0 Å². The highest BCUT2D eigenvalue weighted by atomic mass is 32.2. The first kappa shape index (κ1) is 22.0. The van der Waals surface area contributed by atoms with Crippen LogP contribution in [0.1, 0.15) is 33.2 Å². The van der Waals surface area contributed by atoms with Crippen LogP contribution < -0.4 is 10.0 Å². The van der Waals surface area contributed by atoms with E-state index < -0.39 is 16.0 Å². The van der Waals surface area contributed by atoms with Crippen molar-refractivity contribution in [2.24, 2.45) is 0 Å². The van der Waals surface area contributed by atoms with Crippen LogP contribution in [0.2, 0.25) is 0 Å². The van der Waals surface area contributed by atoms with Crippen LogP contribution in [0, 0.1) is 6.92 Å². The van der Waals surface area contributed by atoms with Crippen molar-refractivity contribution < 1.29 is 22.7 Å². The second kappa shape index (κ2) is 9.44. The molecule has 31 heavy (non-hydrogen) atoms. The molecule has 8 heteroatoms. The fourth-order valence-electron chi connectivity index (χ4n) is 2.73. The largest absolute Gasteiger partial charge is 0.462 e. The Bertz CT molecular complexity index is 1170. The first-order chi connectivity index (χ1) is 14.8. The van der Waals surface area contributed by atoms with Gasteiger partial charge in [-0.3, -0.25) is 9.52 Å². The van der Waals surface area contributed by atoms with Crippen LogP contribution in [0.5, 0.6) is 0 Å². The molecule has 7 nitrogen and oxygen atoms in total. The van der Waals surface area contributed by atoms with Crippen molar-refractivity contribution in [1.29, 1.82) is 0 Å². The Hall–Kier alpha value is -3.65. The van der Waals surface area contributed by atoms with Crippen molar-refractivity contribution in [3.8, 4) is 0 Å². The average Bonchev–Trinajstić information content (AvgIpc) is 2.75. The number of amides is 1. The van der Waals surface area contributed by atoms with Crippen molar-refractivity contribution in [1.82, 2.24) is 0 Å². The first-order valence-corrected chi connectivity index (χ1v) is 11.0. The molecule has 1 amide bonds. The highest BCUT2D eigenvalue weighted by Gasteiger charge is 2.14. The summed E-state index contributed by atoms with van der Waals surface area (Å²) in [6.45, 7) is 3.89. The summed E-state index contributed by atoms with van der Waals surface area (Å²) in [6, 6.07) is 18.9. The van der Waals surface area contributed by atoms with E-state index in [9.17, 15) is 18.0 Å². The number of hydrogen-bond acceptors (Lipinski definition) is 5. The molecule has 160 valence electrons. The van der Waals surface area contributed by atoms with Gasteiger partial charge in [0.1, 0.15) is 0 Å².